The second kappa shape index (κ2) is 7.87. The molecule has 1 aromatic carbocycles. The average Bonchev–Trinajstić information content (AvgIpc) is 2.83. The van der Waals surface area contributed by atoms with Crippen LogP contribution in [-0.2, 0) is 28.5 Å². The topological polar surface area (TPSA) is 112 Å². The van der Waals surface area contributed by atoms with Crippen LogP contribution in [0.25, 0.3) is 0 Å². The fourth-order valence-corrected chi connectivity index (χ4v) is 3.35. The number of hydrogen-bond acceptors (Lipinski definition) is 8. The first-order valence-electron chi connectivity index (χ1n) is 7.33. The summed E-state index contributed by atoms with van der Waals surface area (Å²) in [6, 6.07) is 6.16. The average molecular weight is 362 g/mol. The fraction of sp³-hybridized carbons (Fsp3) is 0.600. The van der Waals surface area contributed by atoms with E-state index >= 15 is 0 Å². The van der Waals surface area contributed by atoms with Crippen LogP contribution in [0.2, 0.25) is 0 Å². The van der Waals surface area contributed by atoms with Gasteiger partial charge in [0.1, 0.15) is 24.4 Å². The van der Waals surface area contributed by atoms with Crippen LogP contribution in [-0.4, -0.2) is 70.2 Å². The van der Waals surface area contributed by atoms with Crippen molar-refractivity contribution in [3.05, 3.63) is 29.8 Å². The summed E-state index contributed by atoms with van der Waals surface area (Å²) < 4.78 is 44.7. The molecule has 1 aliphatic rings. The molecule has 0 saturated carbocycles. The number of ether oxygens (including phenoxy) is 3. The lowest BCUT2D eigenvalue weighted by Crippen LogP contribution is -2.40. The Labute approximate surface area is 141 Å². The Bertz CT molecular complexity index is 625. The highest BCUT2D eigenvalue weighted by Gasteiger charge is 2.47. The van der Waals surface area contributed by atoms with Gasteiger partial charge in [-0.25, -0.2) is 0 Å². The van der Waals surface area contributed by atoms with Crippen molar-refractivity contribution in [1.82, 2.24) is 0 Å². The van der Waals surface area contributed by atoms with E-state index in [2.05, 4.69) is 0 Å². The van der Waals surface area contributed by atoms with Gasteiger partial charge < -0.3 is 24.4 Å². The number of aryl methyl sites for hydroxylation is 1. The molecule has 1 saturated heterocycles. The number of benzene rings is 1. The third-order valence-electron chi connectivity index (χ3n) is 3.83. The number of aliphatic hydroxyl groups is 2. The van der Waals surface area contributed by atoms with Crippen LogP contribution in [0.5, 0.6) is 0 Å². The van der Waals surface area contributed by atoms with Crippen LogP contribution < -0.4 is 0 Å². The van der Waals surface area contributed by atoms with E-state index < -0.39 is 47.4 Å². The van der Waals surface area contributed by atoms with Gasteiger partial charge in [-0.2, -0.15) is 8.42 Å². The van der Waals surface area contributed by atoms with Crippen LogP contribution in [0, 0.1) is 6.92 Å². The first kappa shape index (κ1) is 19.3. The number of aliphatic hydroxyl groups excluding tert-OH is 2. The Kier molecular flexibility index (Phi) is 6.32. The smallest absolute Gasteiger partial charge is 0.297 e. The van der Waals surface area contributed by atoms with Gasteiger partial charge in [-0.15, -0.1) is 0 Å². The molecule has 0 radical (unpaired) electrons. The summed E-state index contributed by atoms with van der Waals surface area (Å²) in [4.78, 5) is 0.00402. The van der Waals surface area contributed by atoms with Crippen molar-refractivity contribution in [1.29, 1.82) is 0 Å². The number of methoxy groups -OCH3 is 2. The van der Waals surface area contributed by atoms with Crippen LogP contribution in [0.3, 0.4) is 0 Å². The monoisotopic (exact) mass is 362 g/mol. The molecule has 0 aliphatic carbocycles. The lowest BCUT2D eigenvalue weighted by atomic mass is 10.1. The second-order valence-electron chi connectivity index (χ2n) is 5.51. The Balaban J connectivity index is 2.02. The van der Waals surface area contributed by atoms with Crippen molar-refractivity contribution in [3.8, 4) is 0 Å². The zero-order chi connectivity index (χ0) is 17.9. The normalized spacial score (nSPS) is 27.8. The quantitative estimate of drug-likeness (QED) is 0.507. The van der Waals surface area contributed by atoms with Crippen molar-refractivity contribution in [2.24, 2.45) is 0 Å². The molecule has 0 amide bonds. The molecule has 0 unspecified atom stereocenters. The van der Waals surface area contributed by atoms with Gasteiger partial charge in [-0.1, -0.05) is 17.7 Å². The zero-order valence-corrected chi connectivity index (χ0v) is 14.5. The van der Waals surface area contributed by atoms with Gasteiger partial charge in [0.05, 0.1) is 11.5 Å². The molecule has 2 rings (SSSR count). The SMILES string of the molecule is COC(OC)[C@@H]1O[C@@H](COS(=O)(=O)c2ccc(C)cc2)[C@@H](O)[C@@H]1O. The van der Waals surface area contributed by atoms with E-state index in [1.165, 1.54) is 26.4 Å². The summed E-state index contributed by atoms with van der Waals surface area (Å²) in [6.45, 7) is 1.40. The van der Waals surface area contributed by atoms with E-state index in [1.807, 2.05) is 6.92 Å². The summed E-state index contributed by atoms with van der Waals surface area (Å²) in [7, 11) is -1.26. The Hall–Kier alpha value is -1.07. The highest BCUT2D eigenvalue weighted by molar-refractivity contribution is 7.86. The molecule has 24 heavy (non-hydrogen) atoms. The molecular weight excluding hydrogens is 340 g/mol. The van der Waals surface area contributed by atoms with Gasteiger partial charge in [0.15, 0.2) is 6.29 Å². The van der Waals surface area contributed by atoms with Gasteiger partial charge in [0, 0.05) is 14.2 Å². The molecule has 0 spiro atoms. The maximum atomic E-state index is 12.1. The van der Waals surface area contributed by atoms with Crippen LogP contribution in [0.1, 0.15) is 5.56 Å². The predicted octanol–water partition coefficient (Wildman–Crippen LogP) is -0.192. The van der Waals surface area contributed by atoms with Gasteiger partial charge in [-0.3, -0.25) is 4.18 Å². The summed E-state index contributed by atoms with van der Waals surface area (Å²) in [5, 5.41) is 20.0. The van der Waals surface area contributed by atoms with E-state index in [-0.39, 0.29) is 4.90 Å². The minimum atomic E-state index is -3.99. The van der Waals surface area contributed by atoms with E-state index in [1.54, 1.807) is 12.1 Å². The Morgan fingerprint density at radius 2 is 1.71 bits per heavy atom. The highest BCUT2D eigenvalue weighted by atomic mass is 32.2. The third kappa shape index (κ3) is 4.12. The van der Waals surface area contributed by atoms with Crippen molar-refractivity contribution >= 4 is 10.1 Å². The van der Waals surface area contributed by atoms with Gasteiger partial charge in [0.2, 0.25) is 0 Å². The van der Waals surface area contributed by atoms with Crippen molar-refractivity contribution < 1.29 is 37.0 Å². The van der Waals surface area contributed by atoms with Crippen LogP contribution in [0.4, 0.5) is 0 Å². The molecule has 0 aromatic heterocycles. The Morgan fingerprint density at radius 3 is 2.25 bits per heavy atom. The molecule has 1 fully saturated rings. The molecule has 9 heteroatoms. The fourth-order valence-electron chi connectivity index (χ4n) is 2.43. The summed E-state index contributed by atoms with van der Waals surface area (Å²) in [5.41, 5.74) is 0.916. The summed E-state index contributed by atoms with van der Waals surface area (Å²) in [5.74, 6) is 0. The summed E-state index contributed by atoms with van der Waals surface area (Å²) >= 11 is 0. The van der Waals surface area contributed by atoms with E-state index in [0.29, 0.717) is 0 Å². The van der Waals surface area contributed by atoms with Gasteiger partial charge >= 0.3 is 0 Å². The van der Waals surface area contributed by atoms with E-state index in [0.717, 1.165) is 5.56 Å². The number of rotatable bonds is 7. The lowest BCUT2D eigenvalue weighted by Gasteiger charge is -2.22. The van der Waals surface area contributed by atoms with E-state index in [4.69, 9.17) is 18.4 Å². The minimum Gasteiger partial charge on any atom is -0.387 e. The molecule has 8 nitrogen and oxygen atoms in total. The molecule has 4 atom stereocenters. The summed E-state index contributed by atoms with van der Waals surface area (Å²) in [6.07, 6.45) is -5.49. The van der Waals surface area contributed by atoms with E-state index in [9.17, 15) is 18.6 Å². The van der Waals surface area contributed by atoms with Crippen LogP contribution >= 0.6 is 0 Å². The zero-order valence-electron chi connectivity index (χ0n) is 13.7. The van der Waals surface area contributed by atoms with Crippen LogP contribution in [0.15, 0.2) is 29.2 Å². The van der Waals surface area contributed by atoms with Crippen molar-refractivity contribution in [2.75, 3.05) is 20.8 Å². The molecule has 1 heterocycles. The maximum absolute atomic E-state index is 12.1. The van der Waals surface area contributed by atoms with Gasteiger partial charge in [0.25, 0.3) is 10.1 Å². The van der Waals surface area contributed by atoms with Crippen molar-refractivity contribution in [2.45, 2.75) is 42.5 Å². The minimum absolute atomic E-state index is 0.00402. The predicted molar refractivity (Wildman–Crippen MR) is 82.8 cm³/mol. The molecule has 2 N–H and O–H groups in total. The highest BCUT2D eigenvalue weighted by Crippen LogP contribution is 2.26. The Morgan fingerprint density at radius 1 is 1.12 bits per heavy atom. The largest absolute Gasteiger partial charge is 0.387 e. The van der Waals surface area contributed by atoms with Gasteiger partial charge in [-0.05, 0) is 19.1 Å². The molecule has 0 bridgehead atoms. The molecular formula is C15H22O8S. The molecule has 136 valence electrons. The lowest BCUT2D eigenvalue weighted by molar-refractivity contribution is -0.193. The standard InChI is InChI=1S/C15H22O8S/c1-9-4-6-10(7-5-9)24(18,19)22-8-11-12(16)13(17)14(23-11)15(20-2)21-3/h4-7,11-17H,8H2,1-3H3/t11-,12+,13-,14+/m0/s1. The molecule has 1 aliphatic heterocycles. The first-order chi connectivity index (χ1) is 11.3. The number of hydrogen-bond donors (Lipinski definition) is 2. The van der Waals surface area contributed by atoms with Crippen molar-refractivity contribution in [3.63, 3.8) is 0 Å². The first-order valence-corrected chi connectivity index (χ1v) is 8.74. The second-order valence-corrected chi connectivity index (χ2v) is 7.13. The third-order valence-corrected chi connectivity index (χ3v) is 5.13. The maximum Gasteiger partial charge on any atom is 0.297 e. The molecule has 1 aromatic rings.